The van der Waals surface area contributed by atoms with Crippen molar-refractivity contribution in [3.8, 4) is 0 Å². The van der Waals surface area contributed by atoms with Crippen molar-refractivity contribution in [3.63, 3.8) is 0 Å². The minimum Gasteiger partial charge on any atom is -0.379 e. The van der Waals surface area contributed by atoms with Crippen molar-refractivity contribution in [2.24, 2.45) is 0 Å². The first-order valence-electron chi connectivity index (χ1n) is 9.50. The summed E-state index contributed by atoms with van der Waals surface area (Å²) in [5.41, 5.74) is -2.53. The van der Waals surface area contributed by atoms with Gasteiger partial charge in [-0.2, -0.15) is 26.3 Å². The average Bonchev–Trinajstić information content (AvgIpc) is 2.55. The normalized spacial score (nSPS) is 13.6. The van der Waals surface area contributed by atoms with Gasteiger partial charge in [-0.05, 0) is 70.3 Å². The van der Waals surface area contributed by atoms with Crippen molar-refractivity contribution in [2.45, 2.75) is 84.0 Å². The van der Waals surface area contributed by atoms with E-state index in [4.69, 9.17) is 13.9 Å². The Morgan fingerprint density at radius 1 is 0.793 bits per heavy atom. The second-order valence-electron chi connectivity index (χ2n) is 7.25. The van der Waals surface area contributed by atoms with Gasteiger partial charge >= 0.3 is 12.4 Å². The van der Waals surface area contributed by atoms with E-state index in [1.54, 1.807) is 0 Å². The molecule has 0 unspecified atom stereocenters. The van der Waals surface area contributed by atoms with Crippen LogP contribution >= 0.6 is 0 Å². The van der Waals surface area contributed by atoms with E-state index in [-0.39, 0.29) is 30.3 Å². The zero-order chi connectivity index (χ0) is 22.2. The van der Waals surface area contributed by atoms with E-state index >= 15 is 0 Å². The Morgan fingerprint density at radius 3 is 1.69 bits per heavy atom. The fraction of sp³-hybridized carbons (Fsp3) is 0.684. The Labute approximate surface area is 169 Å². The van der Waals surface area contributed by atoms with Crippen molar-refractivity contribution in [3.05, 3.63) is 34.9 Å². The van der Waals surface area contributed by atoms with Crippen molar-refractivity contribution < 1.29 is 40.2 Å². The molecular weight excluding hydrogens is 418 g/mol. The highest BCUT2D eigenvalue weighted by atomic mass is 28.2. The zero-order valence-corrected chi connectivity index (χ0v) is 18.4. The summed E-state index contributed by atoms with van der Waals surface area (Å²) in [6.07, 6.45) is -8.55. The van der Waals surface area contributed by atoms with Gasteiger partial charge in [0.05, 0.1) is 23.3 Å². The van der Waals surface area contributed by atoms with E-state index < -0.39 is 39.7 Å². The van der Waals surface area contributed by atoms with Gasteiger partial charge in [-0.3, -0.25) is 0 Å². The molecule has 0 aliphatic heterocycles. The standard InChI is InChI=1S/C19H28F6O3Si/c1-12(2)26-17(27-13(3)4)28-29-8-6-5-7-14-9-15(18(20,21)22)11-16(10-14)19(23,24)25/h9-13,17H,5-8,29H2,1-4H3. The third-order valence-corrected chi connectivity index (χ3v) is 5.07. The first-order valence-corrected chi connectivity index (χ1v) is 11.1. The number of rotatable bonds is 11. The Morgan fingerprint density at radius 2 is 1.28 bits per heavy atom. The average molecular weight is 447 g/mol. The van der Waals surface area contributed by atoms with Gasteiger partial charge < -0.3 is 13.9 Å². The molecule has 10 heteroatoms. The van der Waals surface area contributed by atoms with Gasteiger partial charge in [0.1, 0.15) is 0 Å². The van der Waals surface area contributed by atoms with Crippen LogP contribution in [0.15, 0.2) is 18.2 Å². The molecule has 1 aromatic rings. The van der Waals surface area contributed by atoms with Crippen molar-refractivity contribution >= 4 is 9.76 Å². The number of hydrogen-bond donors (Lipinski definition) is 0. The maximum Gasteiger partial charge on any atom is 0.416 e. The number of unbranched alkanes of at least 4 members (excludes halogenated alkanes) is 1. The lowest BCUT2D eigenvalue weighted by Gasteiger charge is -2.23. The number of hydrogen-bond acceptors (Lipinski definition) is 3. The van der Waals surface area contributed by atoms with Crippen LogP contribution in [0.5, 0.6) is 0 Å². The lowest BCUT2D eigenvalue weighted by atomic mass is 10.0. The van der Waals surface area contributed by atoms with Gasteiger partial charge in [0, 0.05) is 0 Å². The van der Waals surface area contributed by atoms with E-state index in [9.17, 15) is 26.3 Å². The van der Waals surface area contributed by atoms with E-state index in [0.717, 1.165) is 12.1 Å². The van der Waals surface area contributed by atoms with Crippen LogP contribution in [0.1, 0.15) is 57.2 Å². The van der Waals surface area contributed by atoms with E-state index in [0.29, 0.717) is 18.9 Å². The molecule has 0 aliphatic carbocycles. The van der Waals surface area contributed by atoms with Gasteiger partial charge in [0.25, 0.3) is 6.48 Å². The Bertz CT molecular complexity index is 575. The lowest BCUT2D eigenvalue weighted by Crippen LogP contribution is -2.28. The van der Waals surface area contributed by atoms with Gasteiger partial charge in [-0.15, -0.1) is 0 Å². The molecule has 0 heterocycles. The van der Waals surface area contributed by atoms with Crippen LogP contribution in [-0.4, -0.2) is 28.4 Å². The summed E-state index contributed by atoms with van der Waals surface area (Å²) in [4.78, 5) is 0. The van der Waals surface area contributed by atoms with Crippen LogP contribution in [0.2, 0.25) is 6.04 Å². The molecule has 0 fully saturated rings. The SMILES string of the molecule is CC(C)OC(O[SiH2]CCCCc1cc(C(F)(F)F)cc(C(F)(F)F)c1)OC(C)C. The maximum atomic E-state index is 12.9. The number of alkyl halides is 6. The highest BCUT2D eigenvalue weighted by Gasteiger charge is 2.36. The molecule has 3 nitrogen and oxygen atoms in total. The van der Waals surface area contributed by atoms with Crippen molar-refractivity contribution in [1.29, 1.82) is 0 Å². The van der Waals surface area contributed by atoms with Crippen molar-refractivity contribution in [1.82, 2.24) is 0 Å². The Kier molecular flexibility index (Phi) is 10.1. The summed E-state index contributed by atoms with van der Waals surface area (Å²) in [6.45, 7) is 6.66. The molecule has 1 rings (SSSR count). The van der Waals surface area contributed by atoms with Crippen LogP contribution in [0.25, 0.3) is 0 Å². The van der Waals surface area contributed by atoms with Gasteiger partial charge in [-0.1, -0.05) is 6.42 Å². The molecule has 0 atom stereocenters. The smallest absolute Gasteiger partial charge is 0.379 e. The van der Waals surface area contributed by atoms with E-state index in [1.165, 1.54) is 0 Å². The number of ether oxygens (including phenoxy) is 2. The third-order valence-electron chi connectivity index (χ3n) is 3.78. The number of benzene rings is 1. The minimum atomic E-state index is -4.82. The fourth-order valence-electron chi connectivity index (χ4n) is 2.51. The van der Waals surface area contributed by atoms with Gasteiger partial charge in [-0.25, -0.2) is 0 Å². The third kappa shape index (κ3) is 10.5. The molecule has 1 aromatic carbocycles. The molecule has 0 saturated carbocycles. The molecule has 29 heavy (non-hydrogen) atoms. The molecular formula is C19H28F6O3Si. The summed E-state index contributed by atoms with van der Waals surface area (Å²) in [5, 5.41) is 0. The highest BCUT2D eigenvalue weighted by molar-refractivity contribution is 6.27. The molecule has 0 bridgehead atoms. The lowest BCUT2D eigenvalue weighted by molar-refractivity contribution is -0.275. The fourth-order valence-corrected chi connectivity index (χ4v) is 3.58. The maximum absolute atomic E-state index is 12.9. The predicted molar refractivity (Wildman–Crippen MR) is 100 cm³/mol. The molecule has 0 saturated heterocycles. The monoisotopic (exact) mass is 446 g/mol. The van der Waals surface area contributed by atoms with Crippen molar-refractivity contribution in [2.75, 3.05) is 0 Å². The predicted octanol–water partition coefficient (Wildman–Crippen LogP) is 5.70. The molecule has 0 radical (unpaired) electrons. The second kappa shape index (κ2) is 11.3. The Hall–Kier alpha value is -1.10. The first kappa shape index (κ1) is 25.9. The second-order valence-corrected chi connectivity index (χ2v) is 8.70. The summed E-state index contributed by atoms with van der Waals surface area (Å²) in [6, 6.07) is 2.43. The van der Waals surface area contributed by atoms with Crippen LogP contribution in [0, 0.1) is 0 Å². The quantitative estimate of drug-likeness (QED) is 0.189. The minimum absolute atomic E-state index is 0.0268. The van der Waals surface area contributed by atoms with Crippen LogP contribution in [0.3, 0.4) is 0 Å². The molecule has 0 spiro atoms. The van der Waals surface area contributed by atoms with Gasteiger partial charge in [0.2, 0.25) is 0 Å². The Balaban J connectivity index is 2.55. The molecule has 168 valence electrons. The van der Waals surface area contributed by atoms with E-state index in [2.05, 4.69) is 0 Å². The largest absolute Gasteiger partial charge is 0.416 e. The molecule has 0 aliphatic rings. The summed E-state index contributed by atoms with van der Waals surface area (Å²) >= 11 is 0. The molecule has 0 aromatic heterocycles. The number of aryl methyl sites for hydroxylation is 1. The first-order chi connectivity index (χ1) is 13.3. The number of halogens is 6. The highest BCUT2D eigenvalue weighted by Crippen LogP contribution is 2.36. The topological polar surface area (TPSA) is 27.7 Å². The molecule has 0 N–H and O–H groups in total. The van der Waals surface area contributed by atoms with Crippen LogP contribution < -0.4 is 0 Å². The van der Waals surface area contributed by atoms with Crippen LogP contribution in [-0.2, 0) is 32.7 Å². The zero-order valence-electron chi connectivity index (χ0n) is 17.0. The summed E-state index contributed by atoms with van der Waals surface area (Å²) in [7, 11) is -0.993. The molecule has 0 amide bonds. The van der Waals surface area contributed by atoms with E-state index in [1.807, 2.05) is 27.7 Å². The summed E-state index contributed by atoms with van der Waals surface area (Å²) in [5.74, 6) is 0. The van der Waals surface area contributed by atoms with Crippen LogP contribution in [0.4, 0.5) is 26.3 Å². The summed E-state index contributed by atoms with van der Waals surface area (Å²) < 4.78 is 93.9. The van der Waals surface area contributed by atoms with Gasteiger partial charge in [0.15, 0.2) is 9.76 Å².